The van der Waals surface area contributed by atoms with Gasteiger partial charge in [-0.15, -0.1) is 0 Å². The van der Waals surface area contributed by atoms with Crippen molar-refractivity contribution in [2.24, 2.45) is 0 Å². The number of hydrogen-bond donors (Lipinski definition) is 1. The van der Waals surface area contributed by atoms with Crippen LogP contribution < -0.4 is 0 Å². The maximum absolute atomic E-state index is 12.7. The van der Waals surface area contributed by atoms with Gasteiger partial charge in [-0.05, 0) is 12.8 Å². The molecule has 0 saturated carbocycles. The molecule has 0 aromatic rings. The standard InChI is InChI=1S/C47H96NO7P/c1-6-8-10-12-14-16-18-19-20-21-22-23-24-25-26-27-28-29-30-31-32-34-36-38-40-47(49)55-46(45-54-56(50,51)53-43-41-48(3,4)5)44-52-42-39-37-35-33-17-15-13-11-9-7-2/h46H,6-45H2,1-5H3/p+1. The lowest BCUT2D eigenvalue weighted by atomic mass is 10.0. The molecule has 0 bridgehead atoms. The number of hydrogen-bond acceptors (Lipinski definition) is 6. The Morgan fingerprint density at radius 1 is 0.482 bits per heavy atom. The molecule has 9 heteroatoms. The lowest BCUT2D eigenvalue weighted by Crippen LogP contribution is -2.37. The third-order valence-corrected chi connectivity index (χ3v) is 11.9. The summed E-state index contributed by atoms with van der Waals surface area (Å²) in [6.45, 7) is 5.68. The SMILES string of the molecule is CCCCCCCCCCCCCCCCCCCCCCCCCCC(=O)OC(COCCCCCCCCCCCC)COP(=O)(O)OCC[N+](C)(C)C. The Morgan fingerprint density at radius 2 is 0.821 bits per heavy atom. The van der Waals surface area contributed by atoms with Crippen LogP contribution >= 0.6 is 7.82 Å². The first kappa shape index (κ1) is 55.5. The second kappa shape index (κ2) is 41.2. The zero-order valence-electron chi connectivity index (χ0n) is 38.2. The van der Waals surface area contributed by atoms with E-state index in [-0.39, 0.29) is 25.8 Å². The van der Waals surface area contributed by atoms with E-state index in [1.807, 2.05) is 21.1 Å². The van der Waals surface area contributed by atoms with Gasteiger partial charge in [0, 0.05) is 13.0 Å². The average molecular weight is 819 g/mol. The van der Waals surface area contributed by atoms with Gasteiger partial charge in [-0.3, -0.25) is 13.8 Å². The van der Waals surface area contributed by atoms with Crippen molar-refractivity contribution >= 4 is 13.8 Å². The van der Waals surface area contributed by atoms with Crippen molar-refractivity contribution in [3.05, 3.63) is 0 Å². The molecular weight excluding hydrogens is 721 g/mol. The Morgan fingerprint density at radius 3 is 1.18 bits per heavy atom. The second-order valence-corrected chi connectivity index (χ2v) is 19.3. The molecular formula is C47H97NO7P+. The van der Waals surface area contributed by atoms with Crippen LogP contribution in [0.25, 0.3) is 0 Å². The largest absolute Gasteiger partial charge is 0.472 e. The number of esters is 1. The fourth-order valence-electron chi connectivity index (χ4n) is 7.14. The fraction of sp³-hybridized carbons (Fsp3) is 0.979. The van der Waals surface area contributed by atoms with Crippen LogP contribution in [0.15, 0.2) is 0 Å². The first-order valence-electron chi connectivity index (χ1n) is 24.3. The summed E-state index contributed by atoms with van der Waals surface area (Å²) >= 11 is 0. The summed E-state index contributed by atoms with van der Waals surface area (Å²) in [7, 11) is 1.69. The molecule has 0 heterocycles. The second-order valence-electron chi connectivity index (χ2n) is 17.9. The maximum Gasteiger partial charge on any atom is 0.472 e. The van der Waals surface area contributed by atoms with Crippen molar-refractivity contribution < 1.29 is 37.3 Å². The molecule has 0 spiro atoms. The number of carbonyl (C=O) groups is 1. The van der Waals surface area contributed by atoms with E-state index in [0.717, 1.165) is 32.1 Å². The van der Waals surface area contributed by atoms with Gasteiger partial charge in [0.2, 0.25) is 0 Å². The zero-order valence-corrected chi connectivity index (χ0v) is 39.0. The van der Waals surface area contributed by atoms with E-state index >= 15 is 0 Å². The number of rotatable bonds is 46. The Balaban J connectivity index is 3.99. The van der Waals surface area contributed by atoms with Crippen LogP contribution in [0.4, 0.5) is 0 Å². The first-order valence-corrected chi connectivity index (χ1v) is 25.8. The molecule has 8 nitrogen and oxygen atoms in total. The van der Waals surface area contributed by atoms with E-state index in [1.54, 1.807) is 0 Å². The summed E-state index contributed by atoms with van der Waals surface area (Å²) in [6, 6.07) is 0. The lowest BCUT2D eigenvalue weighted by Gasteiger charge is -2.24. The number of phosphoric acid groups is 1. The molecule has 0 rings (SSSR count). The maximum atomic E-state index is 12.7. The first-order chi connectivity index (χ1) is 27.1. The van der Waals surface area contributed by atoms with Crippen LogP contribution in [0.5, 0.6) is 0 Å². The van der Waals surface area contributed by atoms with E-state index in [2.05, 4.69) is 13.8 Å². The number of nitrogens with zero attached hydrogens (tertiary/aromatic N) is 1. The van der Waals surface area contributed by atoms with Gasteiger partial charge < -0.3 is 18.9 Å². The van der Waals surface area contributed by atoms with Crippen LogP contribution in [-0.2, 0) is 27.9 Å². The minimum atomic E-state index is -4.26. The molecule has 56 heavy (non-hydrogen) atoms. The third-order valence-electron chi connectivity index (χ3n) is 10.9. The molecule has 336 valence electrons. The summed E-state index contributed by atoms with van der Waals surface area (Å²) in [6.07, 6.45) is 44.4. The molecule has 0 amide bonds. The summed E-state index contributed by atoms with van der Waals surface area (Å²) in [5.41, 5.74) is 0. The summed E-state index contributed by atoms with van der Waals surface area (Å²) in [4.78, 5) is 22.9. The van der Waals surface area contributed by atoms with Crippen LogP contribution in [0.1, 0.15) is 239 Å². The molecule has 0 aromatic heterocycles. The van der Waals surface area contributed by atoms with Gasteiger partial charge in [-0.1, -0.05) is 219 Å². The number of ether oxygens (including phenoxy) is 2. The van der Waals surface area contributed by atoms with Crippen LogP contribution in [0, 0.1) is 0 Å². The Hall–Kier alpha value is -0.500. The molecule has 0 aliphatic heterocycles. The lowest BCUT2D eigenvalue weighted by molar-refractivity contribution is -0.870. The van der Waals surface area contributed by atoms with Gasteiger partial charge in [0.25, 0.3) is 0 Å². The predicted octanol–water partition coefficient (Wildman–Crippen LogP) is 14.4. The monoisotopic (exact) mass is 819 g/mol. The smallest absolute Gasteiger partial charge is 0.457 e. The van der Waals surface area contributed by atoms with Crippen LogP contribution in [0.3, 0.4) is 0 Å². The number of quaternary nitrogens is 1. The molecule has 1 N–H and O–H groups in total. The molecule has 0 aliphatic carbocycles. The number of phosphoric ester groups is 1. The molecule has 0 fully saturated rings. The van der Waals surface area contributed by atoms with E-state index in [0.29, 0.717) is 24.1 Å². The summed E-state index contributed by atoms with van der Waals surface area (Å²) in [5.74, 6) is -0.307. The topological polar surface area (TPSA) is 91.3 Å². The van der Waals surface area contributed by atoms with Crippen molar-refractivity contribution in [1.82, 2.24) is 0 Å². The molecule has 0 saturated heterocycles. The number of unbranched alkanes of at least 4 members (excludes halogenated alkanes) is 32. The highest BCUT2D eigenvalue weighted by atomic mass is 31.2. The van der Waals surface area contributed by atoms with Crippen LogP contribution in [-0.4, -0.2) is 75.6 Å². The highest BCUT2D eigenvalue weighted by molar-refractivity contribution is 7.47. The average Bonchev–Trinajstić information content (AvgIpc) is 3.15. The van der Waals surface area contributed by atoms with Crippen molar-refractivity contribution in [1.29, 1.82) is 0 Å². The number of likely N-dealkylation sites (N-methyl/N-ethyl adjacent to an activating group) is 1. The Kier molecular flexibility index (Phi) is 40.9. The Labute approximate surface area is 348 Å². The molecule has 2 unspecified atom stereocenters. The molecule has 0 aromatic carbocycles. The van der Waals surface area contributed by atoms with Crippen molar-refractivity contribution in [3.8, 4) is 0 Å². The fourth-order valence-corrected chi connectivity index (χ4v) is 7.89. The van der Waals surface area contributed by atoms with Gasteiger partial charge in [0.15, 0.2) is 0 Å². The summed E-state index contributed by atoms with van der Waals surface area (Å²) in [5, 5.41) is 0. The zero-order chi connectivity index (χ0) is 41.3. The molecule has 2 atom stereocenters. The highest BCUT2D eigenvalue weighted by Gasteiger charge is 2.26. The van der Waals surface area contributed by atoms with Gasteiger partial charge in [0.05, 0.1) is 34.4 Å². The van der Waals surface area contributed by atoms with Gasteiger partial charge in [-0.2, -0.15) is 0 Å². The summed E-state index contributed by atoms with van der Waals surface area (Å²) < 4.78 is 35.0. The minimum absolute atomic E-state index is 0.0938. The van der Waals surface area contributed by atoms with E-state index in [4.69, 9.17) is 18.5 Å². The van der Waals surface area contributed by atoms with E-state index < -0.39 is 13.9 Å². The van der Waals surface area contributed by atoms with Gasteiger partial charge >= 0.3 is 13.8 Å². The number of carbonyl (C=O) groups excluding carboxylic acids is 1. The Bertz CT molecular complexity index is 868. The van der Waals surface area contributed by atoms with Gasteiger partial charge in [-0.25, -0.2) is 4.57 Å². The van der Waals surface area contributed by atoms with Gasteiger partial charge in [0.1, 0.15) is 19.3 Å². The highest BCUT2D eigenvalue weighted by Crippen LogP contribution is 2.43. The van der Waals surface area contributed by atoms with Crippen molar-refractivity contribution in [2.45, 2.75) is 245 Å². The van der Waals surface area contributed by atoms with E-state index in [9.17, 15) is 14.3 Å². The third kappa shape index (κ3) is 44.6. The van der Waals surface area contributed by atoms with Crippen molar-refractivity contribution in [2.75, 3.05) is 54.1 Å². The van der Waals surface area contributed by atoms with Crippen molar-refractivity contribution in [3.63, 3.8) is 0 Å². The van der Waals surface area contributed by atoms with E-state index in [1.165, 1.54) is 186 Å². The predicted molar refractivity (Wildman–Crippen MR) is 238 cm³/mol. The molecule has 0 radical (unpaired) electrons. The van der Waals surface area contributed by atoms with Crippen LogP contribution in [0.2, 0.25) is 0 Å². The normalized spacial score (nSPS) is 13.6. The minimum Gasteiger partial charge on any atom is -0.457 e. The quantitative estimate of drug-likeness (QED) is 0.0283. The molecule has 0 aliphatic rings.